The van der Waals surface area contributed by atoms with Crippen LogP contribution in [0.2, 0.25) is 5.02 Å². The second-order valence-electron chi connectivity index (χ2n) is 3.48. The summed E-state index contributed by atoms with van der Waals surface area (Å²) in [5.74, 6) is -2.75. The van der Waals surface area contributed by atoms with Crippen molar-refractivity contribution in [1.29, 1.82) is 0 Å². The Morgan fingerprint density at radius 2 is 1.67 bits per heavy atom. The third kappa shape index (κ3) is 2.51. The van der Waals surface area contributed by atoms with E-state index >= 15 is 0 Å². The molecule has 2 nitrogen and oxygen atoms in total. The molecule has 0 heterocycles. The molecule has 94 valence electrons. The highest BCUT2D eigenvalue weighted by molar-refractivity contribution is 6.31. The molecule has 2 aromatic rings. The number of anilines is 1. The molecule has 0 saturated carbocycles. The van der Waals surface area contributed by atoms with Crippen LogP contribution >= 0.6 is 11.6 Å². The van der Waals surface area contributed by atoms with Gasteiger partial charge in [-0.3, -0.25) is 0 Å². The Morgan fingerprint density at radius 3 is 2.33 bits per heavy atom. The summed E-state index contributed by atoms with van der Waals surface area (Å²) in [5, 5.41) is -0.167. The summed E-state index contributed by atoms with van der Waals surface area (Å²) in [6, 6.07) is 4.82. The molecule has 0 fully saturated rings. The number of benzene rings is 2. The molecule has 6 heteroatoms. The van der Waals surface area contributed by atoms with Crippen molar-refractivity contribution in [2.75, 3.05) is 5.73 Å². The van der Waals surface area contributed by atoms with Crippen molar-refractivity contribution in [2.24, 2.45) is 0 Å². The van der Waals surface area contributed by atoms with Gasteiger partial charge in [0.25, 0.3) is 0 Å². The molecular weight excluding hydrogens is 267 g/mol. The van der Waals surface area contributed by atoms with Gasteiger partial charge < -0.3 is 10.5 Å². The SMILES string of the molecule is Nc1cc(Cl)c(F)cc1Oc1ccc(F)cc1F. The standard InChI is InChI=1S/C12H7ClF3NO/c13-7-4-10(17)12(5-8(7)15)18-11-2-1-6(14)3-9(11)16/h1-5H,17H2. The molecule has 0 atom stereocenters. The van der Waals surface area contributed by atoms with Gasteiger partial charge >= 0.3 is 0 Å². The second kappa shape index (κ2) is 4.78. The highest BCUT2D eigenvalue weighted by atomic mass is 35.5. The topological polar surface area (TPSA) is 35.2 Å². The Bertz CT molecular complexity index is 604. The zero-order chi connectivity index (χ0) is 13.3. The van der Waals surface area contributed by atoms with E-state index in [-0.39, 0.29) is 22.2 Å². The first kappa shape index (κ1) is 12.6. The maximum atomic E-state index is 13.3. The quantitative estimate of drug-likeness (QED) is 0.835. The van der Waals surface area contributed by atoms with Gasteiger partial charge in [-0.2, -0.15) is 0 Å². The second-order valence-corrected chi connectivity index (χ2v) is 3.89. The van der Waals surface area contributed by atoms with Gasteiger partial charge in [-0.25, -0.2) is 13.2 Å². The molecule has 0 aliphatic rings. The van der Waals surface area contributed by atoms with Crippen LogP contribution in [-0.2, 0) is 0 Å². The van der Waals surface area contributed by atoms with Gasteiger partial charge in [0.05, 0.1) is 10.7 Å². The van der Waals surface area contributed by atoms with Gasteiger partial charge in [-0.1, -0.05) is 11.6 Å². The molecular formula is C12H7ClF3NO. The molecule has 2 rings (SSSR count). The molecule has 0 aliphatic heterocycles. The summed E-state index contributed by atoms with van der Waals surface area (Å²) in [5.41, 5.74) is 5.59. The lowest BCUT2D eigenvalue weighted by atomic mass is 10.2. The third-order valence-electron chi connectivity index (χ3n) is 2.17. The van der Waals surface area contributed by atoms with Gasteiger partial charge in [0.2, 0.25) is 0 Å². The van der Waals surface area contributed by atoms with Crippen molar-refractivity contribution in [3.63, 3.8) is 0 Å². The maximum Gasteiger partial charge on any atom is 0.168 e. The van der Waals surface area contributed by atoms with Gasteiger partial charge in [0, 0.05) is 12.1 Å². The van der Waals surface area contributed by atoms with Gasteiger partial charge in [0.1, 0.15) is 11.6 Å². The fourth-order valence-corrected chi connectivity index (χ4v) is 1.48. The molecule has 0 aromatic heterocycles. The van der Waals surface area contributed by atoms with Crippen molar-refractivity contribution in [2.45, 2.75) is 0 Å². The van der Waals surface area contributed by atoms with Crippen molar-refractivity contribution < 1.29 is 17.9 Å². The van der Waals surface area contributed by atoms with Crippen molar-refractivity contribution in [1.82, 2.24) is 0 Å². The molecule has 0 amide bonds. The van der Waals surface area contributed by atoms with Crippen LogP contribution in [0, 0.1) is 17.5 Å². The van der Waals surface area contributed by atoms with Crippen LogP contribution < -0.4 is 10.5 Å². The first-order valence-corrected chi connectivity index (χ1v) is 5.22. The van der Waals surface area contributed by atoms with Crippen LogP contribution in [0.3, 0.4) is 0 Å². The summed E-state index contributed by atoms with van der Waals surface area (Å²) in [4.78, 5) is 0. The Balaban J connectivity index is 2.37. The number of halogens is 4. The summed E-state index contributed by atoms with van der Waals surface area (Å²) in [6.45, 7) is 0. The van der Waals surface area contributed by atoms with Crippen LogP contribution in [-0.4, -0.2) is 0 Å². The monoisotopic (exact) mass is 273 g/mol. The third-order valence-corrected chi connectivity index (χ3v) is 2.46. The summed E-state index contributed by atoms with van der Waals surface area (Å²) >= 11 is 5.51. The minimum atomic E-state index is -0.912. The Kier molecular flexibility index (Phi) is 3.34. The lowest BCUT2D eigenvalue weighted by molar-refractivity contribution is 0.436. The minimum Gasteiger partial charge on any atom is -0.452 e. The molecule has 0 bridgehead atoms. The average Bonchev–Trinajstić information content (AvgIpc) is 2.29. The zero-order valence-corrected chi connectivity index (χ0v) is 9.64. The first-order valence-electron chi connectivity index (χ1n) is 4.85. The van der Waals surface area contributed by atoms with Crippen molar-refractivity contribution in [3.05, 3.63) is 52.8 Å². The smallest absolute Gasteiger partial charge is 0.168 e. The Labute approximate surface area is 106 Å². The highest BCUT2D eigenvalue weighted by Gasteiger charge is 2.11. The lowest BCUT2D eigenvalue weighted by Crippen LogP contribution is -1.95. The predicted octanol–water partition coefficient (Wildman–Crippen LogP) is 4.13. The number of nitrogens with two attached hydrogens (primary N) is 1. The van der Waals surface area contributed by atoms with Crippen LogP contribution in [0.4, 0.5) is 18.9 Å². The van der Waals surface area contributed by atoms with Crippen LogP contribution in [0.15, 0.2) is 30.3 Å². The first-order chi connectivity index (χ1) is 8.47. The van der Waals surface area contributed by atoms with Crippen LogP contribution in [0.1, 0.15) is 0 Å². The fourth-order valence-electron chi connectivity index (χ4n) is 1.31. The molecule has 0 saturated heterocycles. The summed E-state index contributed by atoms with van der Waals surface area (Å²) in [7, 11) is 0. The summed E-state index contributed by atoms with van der Waals surface area (Å²) < 4.78 is 44.3. The van der Waals surface area contributed by atoms with Crippen LogP contribution in [0.5, 0.6) is 11.5 Å². The van der Waals surface area contributed by atoms with E-state index in [2.05, 4.69) is 0 Å². The Morgan fingerprint density at radius 1 is 0.944 bits per heavy atom. The largest absolute Gasteiger partial charge is 0.452 e. The molecule has 0 unspecified atom stereocenters. The molecule has 2 aromatic carbocycles. The highest BCUT2D eigenvalue weighted by Crippen LogP contribution is 2.32. The van der Waals surface area contributed by atoms with Crippen molar-refractivity contribution >= 4 is 17.3 Å². The molecule has 0 aliphatic carbocycles. The van der Waals surface area contributed by atoms with E-state index < -0.39 is 17.5 Å². The van der Waals surface area contributed by atoms with E-state index in [1.807, 2.05) is 0 Å². The van der Waals surface area contributed by atoms with E-state index in [0.717, 1.165) is 24.3 Å². The van der Waals surface area contributed by atoms with Gasteiger partial charge in [-0.15, -0.1) is 0 Å². The number of hydrogen-bond donors (Lipinski definition) is 1. The van der Waals surface area contributed by atoms with E-state index in [1.165, 1.54) is 0 Å². The number of nitrogen functional groups attached to an aromatic ring is 1. The maximum absolute atomic E-state index is 13.3. The Hall–Kier alpha value is -1.88. The number of hydrogen-bond acceptors (Lipinski definition) is 2. The minimum absolute atomic E-state index is 0.0464. The van der Waals surface area contributed by atoms with E-state index in [9.17, 15) is 13.2 Å². The van der Waals surface area contributed by atoms with E-state index in [1.54, 1.807) is 0 Å². The lowest BCUT2D eigenvalue weighted by Gasteiger charge is -2.10. The number of rotatable bonds is 2. The van der Waals surface area contributed by atoms with Gasteiger partial charge in [0.15, 0.2) is 17.3 Å². The normalized spacial score (nSPS) is 10.4. The van der Waals surface area contributed by atoms with Crippen LogP contribution in [0.25, 0.3) is 0 Å². The predicted molar refractivity (Wildman–Crippen MR) is 62.3 cm³/mol. The fraction of sp³-hybridized carbons (Fsp3) is 0. The molecule has 2 N–H and O–H groups in total. The average molecular weight is 274 g/mol. The van der Waals surface area contributed by atoms with Gasteiger partial charge in [-0.05, 0) is 18.2 Å². The summed E-state index contributed by atoms with van der Waals surface area (Å²) in [6.07, 6.45) is 0. The molecule has 0 spiro atoms. The number of ether oxygens (including phenoxy) is 1. The van der Waals surface area contributed by atoms with E-state index in [0.29, 0.717) is 6.07 Å². The molecule has 18 heavy (non-hydrogen) atoms. The molecule has 0 radical (unpaired) electrons. The van der Waals surface area contributed by atoms with Crippen molar-refractivity contribution in [3.8, 4) is 11.5 Å². The van der Waals surface area contributed by atoms with E-state index in [4.69, 9.17) is 22.1 Å². The zero-order valence-electron chi connectivity index (χ0n) is 8.88.